The molecule has 0 saturated heterocycles. The van der Waals surface area contributed by atoms with Crippen LogP contribution in [0, 0.1) is 0 Å². The Hall–Kier alpha value is -2.93. The molecule has 3 N–H and O–H groups in total. The van der Waals surface area contributed by atoms with E-state index in [0.717, 1.165) is 53.8 Å². The second-order valence-electron chi connectivity index (χ2n) is 8.19. The lowest BCUT2D eigenvalue weighted by Crippen LogP contribution is -2.48. The van der Waals surface area contributed by atoms with Crippen molar-refractivity contribution in [3.8, 4) is 0 Å². The van der Waals surface area contributed by atoms with E-state index in [4.69, 9.17) is 16.0 Å². The summed E-state index contributed by atoms with van der Waals surface area (Å²) >= 11 is 6.64. The smallest absolute Gasteiger partial charge is 0.287 e. The third-order valence-electron chi connectivity index (χ3n) is 6.18. The molecule has 1 spiro atoms. The number of rotatable bonds is 3. The van der Waals surface area contributed by atoms with Crippen LogP contribution in [-0.2, 0) is 19.1 Å². The second-order valence-corrected chi connectivity index (χ2v) is 8.59. The van der Waals surface area contributed by atoms with Crippen LogP contribution in [0.5, 0.6) is 0 Å². The highest BCUT2D eigenvalue weighted by atomic mass is 35.5. The summed E-state index contributed by atoms with van der Waals surface area (Å²) in [7, 11) is 1.89. The number of hydrogen-bond donors (Lipinski definition) is 3. The van der Waals surface area contributed by atoms with Crippen molar-refractivity contribution in [2.45, 2.75) is 44.2 Å². The van der Waals surface area contributed by atoms with Crippen molar-refractivity contribution in [1.29, 1.82) is 0 Å². The number of aromatic nitrogens is 2. The van der Waals surface area contributed by atoms with Gasteiger partial charge in [0, 0.05) is 24.2 Å². The number of nitrogens with zero attached hydrogens (tertiary/aromatic N) is 2. The summed E-state index contributed by atoms with van der Waals surface area (Å²) in [5.41, 5.74) is 3.16. The van der Waals surface area contributed by atoms with Crippen LogP contribution in [0.15, 0.2) is 41.5 Å². The van der Waals surface area contributed by atoms with Gasteiger partial charge in [0.2, 0.25) is 0 Å². The molecule has 0 atom stereocenters. The van der Waals surface area contributed by atoms with Gasteiger partial charge in [0.1, 0.15) is 5.58 Å². The molecule has 0 bridgehead atoms. The lowest BCUT2D eigenvalue weighted by Gasteiger charge is -2.44. The number of anilines is 1. The summed E-state index contributed by atoms with van der Waals surface area (Å²) in [4.78, 5) is 16.9. The fraction of sp³-hybridized carbons (Fsp3) is 0.364. The van der Waals surface area contributed by atoms with Gasteiger partial charge in [0.05, 0.1) is 40.6 Å². The summed E-state index contributed by atoms with van der Waals surface area (Å²) in [6, 6.07) is 3.61. The van der Waals surface area contributed by atoms with E-state index in [2.05, 4.69) is 27.5 Å². The Balaban J connectivity index is 1.55. The van der Waals surface area contributed by atoms with Crippen LogP contribution in [0.4, 0.5) is 5.69 Å². The SMILES string of the molecule is C=C1Nc2c(Cl)cc3cc(C(=O)NCc4cncn4C)oc3c2C2(CCCCC2)N1. The Kier molecular flexibility index (Phi) is 4.50. The number of carbonyl (C=O) groups excluding carboxylic acids is 1. The molecule has 156 valence electrons. The van der Waals surface area contributed by atoms with Crippen molar-refractivity contribution in [2.75, 3.05) is 5.32 Å². The largest absolute Gasteiger partial charge is 0.450 e. The zero-order valence-corrected chi connectivity index (χ0v) is 17.6. The Morgan fingerprint density at radius 2 is 2.17 bits per heavy atom. The van der Waals surface area contributed by atoms with Crippen molar-refractivity contribution in [1.82, 2.24) is 20.2 Å². The molecule has 1 aliphatic carbocycles. The number of hydrogen-bond acceptors (Lipinski definition) is 5. The predicted molar refractivity (Wildman–Crippen MR) is 116 cm³/mol. The van der Waals surface area contributed by atoms with E-state index in [9.17, 15) is 4.79 Å². The topological polar surface area (TPSA) is 84.1 Å². The Bertz CT molecular complexity index is 1160. The van der Waals surface area contributed by atoms with Crippen LogP contribution in [0.2, 0.25) is 5.02 Å². The van der Waals surface area contributed by atoms with Crippen molar-refractivity contribution in [3.05, 3.63) is 59.1 Å². The Labute approximate surface area is 179 Å². The Morgan fingerprint density at radius 1 is 1.37 bits per heavy atom. The quantitative estimate of drug-likeness (QED) is 0.579. The molecule has 1 aliphatic heterocycles. The van der Waals surface area contributed by atoms with Crippen LogP contribution in [-0.4, -0.2) is 15.5 Å². The first-order chi connectivity index (χ1) is 14.5. The third kappa shape index (κ3) is 3.04. The number of furan rings is 1. The van der Waals surface area contributed by atoms with Gasteiger partial charge in [-0.25, -0.2) is 4.98 Å². The van der Waals surface area contributed by atoms with Crippen molar-refractivity contribution < 1.29 is 9.21 Å². The fourth-order valence-electron chi connectivity index (χ4n) is 4.72. The summed E-state index contributed by atoms with van der Waals surface area (Å²) in [6.07, 6.45) is 8.82. The summed E-state index contributed by atoms with van der Waals surface area (Å²) in [6.45, 7) is 4.46. The first kappa shape index (κ1) is 19.1. The molecule has 3 heterocycles. The number of carbonyl (C=O) groups is 1. The molecule has 1 saturated carbocycles. The van der Waals surface area contributed by atoms with Crippen LogP contribution in [0.3, 0.4) is 0 Å². The molecule has 0 unspecified atom stereocenters. The number of nitrogens with one attached hydrogen (secondary N) is 3. The molecule has 7 nitrogen and oxygen atoms in total. The van der Waals surface area contributed by atoms with Gasteiger partial charge in [-0.1, -0.05) is 37.4 Å². The van der Waals surface area contributed by atoms with E-state index in [1.807, 2.05) is 17.7 Å². The van der Waals surface area contributed by atoms with Gasteiger partial charge in [-0.05, 0) is 25.0 Å². The molecule has 3 aromatic rings. The van der Waals surface area contributed by atoms with Crippen LogP contribution in [0.1, 0.15) is 53.9 Å². The molecule has 2 aromatic heterocycles. The number of imidazole rings is 1. The fourth-order valence-corrected chi connectivity index (χ4v) is 4.98. The third-order valence-corrected chi connectivity index (χ3v) is 6.48. The first-order valence-electron chi connectivity index (χ1n) is 10.2. The first-order valence-corrected chi connectivity index (χ1v) is 10.6. The van der Waals surface area contributed by atoms with Gasteiger partial charge < -0.3 is 24.9 Å². The standard InChI is InChI=1S/C22H24ClN5O2/c1-13-26-19-16(23)8-14-9-17(21(29)25-11-15-10-24-12-28(15)2)30-20(14)18(19)22(27-13)6-4-3-5-7-22/h8-10,12,26-27H,1,3-7,11H2,2H3,(H,25,29). The van der Waals surface area contributed by atoms with E-state index in [0.29, 0.717) is 17.2 Å². The normalized spacial score (nSPS) is 17.5. The number of amides is 1. The van der Waals surface area contributed by atoms with E-state index < -0.39 is 0 Å². The second kappa shape index (κ2) is 7.09. The zero-order valence-electron chi connectivity index (χ0n) is 16.8. The van der Waals surface area contributed by atoms with Gasteiger partial charge in [0.15, 0.2) is 5.76 Å². The highest BCUT2D eigenvalue weighted by molar-refractivity contribution is 6.34. The molecule has 0 radical (unpaired) electrons. The van der Waals surface area contributed by atoms with Crippen molar-refractivity contribution in [3.63, 3.8) is 0 Å². The highest BCUT2D eigenvalue weighted by Crippen LogP contribution is 2.49. The van der Waals surface area contributed by atoms with E-state index in [1.165, 1.54) is 6.42 Å². The summed E-state index contributed by atoms with van der Waals surface area (Å²) in [5, 5.41) is 11.2. The van der Waals surface area contributed by atoms with Crippen LogP contribution in [0.25, 0.3) is 11.0 Å². The molecular formula is C22H24ClN5O2. The molecule has 1 aromatic carbocycles. The van der Waals surface area contributed by atoms with Gasteiger partial charge in [0.25, 0.3) is 5.91 Å². The summed E-state index contributed by atoms with van der Waals surface area (Å²) < 4.78 is 8.01. The van der Waals surface area contributed by atoms with Gasteiger partial charge in [-0.2, -0.15) is 0 Å². The highest BCUT2D eigenvalue weighted by Gasteiger charge is 2.42. The molecule has 30 heavy (non-hydrogen) atoms. The van der Waals surface area contributed by atoms with E-state index >= 15 is 0 Å². The molecule has 2 aliphatic rings. The van der Waals surface area contributed by atoms with E-state index in [1.54, 1.807) is 18.6 Å². The number of halogens is 1. The average Bonchev–Trinajstić information content (AvgIpc) is 3.32. The zero-order chi connectivity index (χ0) is 20.9. The van der Waals surface area contributed by atoms with Gasteiger partial charge >= 0.3 is 0 Å². The van der Waals surface area contributed by atoms with Crippen LogP contribution >= 0.6 is 11.6 Å². The van der Waals surface area contributed by atoms with Crippen molar-refractivity contribution >= 4 is 34.2 Å². The van der Waals surface area contributed by atoms with Crippen molar-refractivity contribution in [2.24, 2.45) is 7.05 Å². The maximum Gasteiger partial charge on any atom is 0.287 e. The maximum atomic E-state index is 12.8. The predicted octanol–water partition coefficient (Wildman–Crippen LogP) is 4.40. The number of benzene rings is 1. The minimum absolute atomic E-state index is 0.267. The number of aryl methyl sites for hydroxylation is 1. The van der Waals surface area contributed by atoms with E-state index in [-0.39, 0.29) is 17.2 Å². The van der Waals surface area contributed by atoms with Gasteiger partial charge in [-0.15, -0.1) is 0 Å². The molecule has 1 amide bonds. The lowest BCUT2D eigenvalue weighted by molar-refractivity contribution is 0.0924. The Morgan fingerprint density at radius 3 is 2.90 bits per heavy atom. The maximum absolute atomic E-state index is 12.8. The monoisotopic (exact) mass is 425 g/mol. The molecular weight excluding hydrogens is 402 g/mol. The molecule has 5 rings (SSSR count). The molecule has 1 fully saturated rings. The summed E-state index contributed by atoms with van der Waals surface area (Å²) in [5.74, 6) is 0.745. The minimum atomic E-state index is -0.278. The molecule has 8 heteroatoms. The minimum Gasteiger partial charge on any atom is -0.450 e. The van der Waals surface area contributed by atoms with Gasteiger partial charge in [-0.3, -0.25) is 4.79 Å². The number of fused-ring (bicyclic) bond motifs is 4. The average molecular weight is 426 g/mol. The van der Waals surface area contributed by atoms with Crippen LogP contribution < -0.4 is 16.0 Å². The lowest BCUT2D eigenvalue weighted by atomic mass is 9.74.